The molecule has 2 rings (SSSR count). The van der Waals surface area contributed by atoms with Gasteiger partial charge < -0.3 is 0 Å². The van der Waals surface area contributed by atoms with E-state index < -0.39 is 0 Å². The summed E-state index contributed by atoms with van der Waals surface area (Å²) in [6.45, 7) is 2.29. The molecule has 0 radical (unpaired) electrons. The van der Waals surface area contributed by atoms with Gasteiger partial charge in [-0.15, -0.1) is 0 Å². The van der Waals surface area contributed by atoms with E-state index in [1.165, 1.54) is 25.7 Å². The van der Waals surface area contributed by atoms with E-state index in [0.717, 1.165) is 5.92 Å². The summed E-state index contributed by atoms with van der Waals surface area (Å²) >= 11 is 0. The molecule has 0 heterocycles. The molecule has 2 saturated carbocycles. The van der Waals surface area contributed by atoms with Crippen LogP contribution < -0.4 is 0 Å². The summed E-state index contributed by atoms with van der Waals surface area (Å²) in [5.74, 6) is 2.16. The quantitative estimate of drug-likeness (QED) is 0.621. The Hall–Kier alpha value is -0.660. The molecular formula is C13H20O2. The van der Waals surface area contributed by atoms with Gasteiger partial charge in [0.25, 0.3) is 0 Å². The largest absolute Gasteiger partial charge is 0.299 e. The van der Waals surface area contributed by atoms with Crippen molar-refractivity contribution in [3.63, 3.8) is 0 Å². The summed E-state index contributed by atoms with van der Waals surface area (Å²) in [5, 5.41) is 0. The van der Waals surface area contributed by atoms with Crippen LogP contribution in [0.5, 0.6) is 0 Å². The van der Waals surface area contributed by atoms with Gasteiger partial charge in [-0.1, -0.05) is 26.2 Å². The monoisotopic (exact) mass is 208 g/mol. The Kier molecular flexibility index (Phi) is 3.22. The molecule has 2 aliphatic rings. The molecule has 2 unspecified atom stereocenters. The normalized spacial score (nSPS) is 34.5. The summed E-state index contributed by atoms with van der Waals surface area (Å²) in [4.78, 5) is 22.8. The lowest BCUT2D eigenvalue weighted by Gasteiger charge is -2.34. The van der Waals surface area contributed by atoms with E-state index in [1.807, 2.05) is 0 Å². The number of hydrogen-bond donors (Lipinski definition) is 0. The summed E-state index contributed by atoms with van der Waals surface area (Å²) in [5.41, 5.74) is 0. The second-order valence-corrected chi connectivity index (χ2v) is 5.45. The van der Waals surface area contributed by atoms with Crippen LogP contribution in [0.1, 0.15) is 51.9 Å². The zero-order valence-electron chi connectivity index (χ0n) is 9.50. The van der Waals surface area contributed by atoms with Crippen molar-refractivity contribution in [1.82, 2.24) is 0 Å². The third kappa shape index (κ3) is 2.67. The van der Waals surface area contributed by atoms with Crippen LogP contribution >= 0.6 is 0 Å². The highest BCUT2D eigenvalue weighted by molar-refractivity contribution is 6.01. The third-order valence-electron chi connectivity index (χ3n) is 4.02. The second-order valence-electron chi connectivity index (χ2n) is 5.45. The highest BCUT2D eigenvalue weighted by Crippen LogP contribution is 2.38. The highest BCUT2D eigenvalue weighted by atomic mass is 16.1. The van der Waals surface area contributed by atoms with Gasteiger partial charge in [0, 0.05) is 12.8 Å². The Bertz CT molecular complexity index is 254. The van der Waals surface area contributed by atoms with Gasteiger partial charge in [0.2, 0.25) is 0 Å². The maximum Gasteiger partial charge on any atom is 0.140 e. The van der Waals surface area contributed by atoms with Crippen molar-refractivity contribution in [1.29, 1.82) is 0 Å². The lowest BCUT2D eigenvalue weighted by atomic mass is 9.70. The number of hydrogen-bond acceptors (Lipinski definition) is 2. The molecule has 0 bridgehead atoms. The van der Waals surface area contributed by atoms with Crippen LogP contribution in [0, 0.1) is 17.8 Å². The van der Waals surface area contributed by atoms with Gasteiger partial charge >= 0.3 is 0 Å². The molecule has 0 aromatic rings. The van der Waals surface area contributed by atoms with Crippen molar-refractivity contribution >= 4 is 11.6 Å². The van der Waals surface area contributed by atoms with E-state index in [4.69, 9.17) is 0 Å². The maximum atomic E-state index is 11.4. The van der Waals surface area contributed by atoms with Gasteiger partial charge in [-0.2, -0.15) is 0 Å². The van der Waals surface area contributed by atoms with E-state index in [-0.39, 0.29) is 18.0 Å². The molecule has 0 aliphatic heterocycles. The van der Waals surface area contributed by atoms with Crippen LogP contribution in [0.3, 0.4) is 0 Å². The van der Waals surface area contributed by atoms with Crippen molar-refractivity contribution in [2.45, 2.75) is 51.9 Å². The van der Waals surface area contributed by atoms with E-state index in [2.05, 4.69) is 6.92 Å². The minimum absolute atomic E-state index is 0.175. The Balaban J connectivity index is 1.96. The SMILES string of the molecule is CC1CCCC(C2CC(=O)CC(=O)C2)C1. The first-order chi connectivity index (χ1) is 7.15. The van der Waals surface area contributed by atoms with Crippen molar-refractivity contribution in [2.24, 2.45) is 17.8 Å². The van der Waals surface area contributed by atoms with Crippen molar-refractivity contribution < 1.29 is 9.59 Å². The fraction of sp³-hybridized carbons (Fsp3) is 0.846. The summed E-state index contributed by atoms with van der Waals surface area (Å²) in [6, 6.07) is 0. The van der Waals surface area contributed by atoms with E-state index >= 15 is 0 Å². The standard InChI is InChI=1S/C13H20O2/c1-9-3-2-4-10(5-9)11-6-12(14)8-13(15)7-11/h9-11H,2-8H2,1H3. The number of Topliss-reactive ketones (excluding diaryl/α,β-unsaturated/α-hetero) is 2. The van der Waals surface area contributed by atoms with Gasteiger partial charge in [-0.25, -0.2) is 0 Å². The van der Waals surface area contributed by atoms with Crippen LogP contribution in [-0.2, 0) is 9.59 Å². The number of carbonyl (C=O) groups is 2. The zero-order chi connectivity index (χ0) is 10.8. The van der Waals surface area contributed by atoms with E-state index in [1.54, 1.807) is 0 Å². The predicted molar refractivity (Wildman–Crippen MR) is 58.5 cm³/mol. The number of carbonyl (C=O) groups excluding carboxylic acids is 2. The van der Waals surface area contributed by atoms with Crippen molar-refractivity contribution in [3.8, 4) is 0 Å². The molecule has 2 atom stereocenters. The fourth-order valence-electron chi connectivity index (χ4n) is 3.26. The lowest BCUT2D eigenvalue weighted by molar-refractivity contribution is -0.132. The fourth-order valence-corrected chi connectivity index (χ4v) is 3.26. The lowest BCUT2D eigenvalue weighted by Crippen LogP contribution is -2.30. The van der Waals surface area contributed by atoms with Crippen LogP contribution in [0.4, 0.5) is 0 Å². The predicted octanol–water partition coefficient (Wildman–Crippen LogP) is 2.75. The van der Waals surface area contributed by atoms with Crippen LogP contribution in [0.15, 0.2) is 0 Å². The van der Waals surface area contributed by atoms with E-state index in [9.17, 15) is 9.59 Å². The molecule has 2 nitrogen and oxygen atoms in total. The molecule has 2 aliphatic carbocycles. The van der Waals surface area contributed by atoms with Crippen LogP contribution in [-0.4, -0.2) is 11.6 Å². The molecule has 0 aromatic carbocycles. The Morgan fingerprint density at radius 3 is 2.27 bits per heavy atom. The minimum atomic E-state index is 0.175. The maximum absolute atomic E-state index is 11.4. The molecule has 2 fully saturated rings. The van der Waals surface area contributed by atoms with Gasteiger partial charge in [-0.3, -0.25) is 9.59 Å². The van der Waals surface area contributed by atoms with Gasteiger partial charge in [0.05, 0.1) is 6.42 Å². The molecule has 84 valence electrons. The number of ketones is 2. The van der Waals surface area contributed by atoms with E-state index in [0.29, 0.717) is 24.7 Å². The molecule has 0 amide bonds. The first kappa shape index (κ1) is 10.8. The van der Waals surface area contributed by atoms with Gasteiger partial charge in [-0.05, 0) is 24.2 Å². The summed E-state index contributed by atoms with van der Waals surface area (Å²) in [6.07, 6.45) is 6.61. The summed E-state index contributed by atoms with van der Waals surface area (Å²) < 4.78 is 0. The molecular weight excluding hydrogens is 188 g/mol. The topological polar surface area (TPSA) is 34.1 Å². The van der Waals surface area contributed by atoms with Crippen molar-refractivity contribution in [2.75, 3.05) is 0 Å². The Labute approximate surface area is 91.4 Å². The third-order valence-corrected chi connectivity index (χ3v) is 4.02. The van der Waals surface area contributed by atoms with Crippen LogP contribution in [0.25, 0.3) is 0 Å². The number of rotatable bonds is 1. The molecule has 0 saturated heterocycles. The summed E-state index contributed by atoms with van der Waals surface area (Å²) in [7, 11) is 0. The zero-order valence-corrected chi connectivity index (χ0v) is 9.50. The highest BCUT2D eigenvalue weighted by Gasteiger charge is 2.33. The minimum Gasteiger partial charge on any atom is -0.299 e. The van der Waals surface area contributed by atoms with Crippen LogP contribution in [0.2, 0.25) is 0 Å². The van der Waals surface area contributed by atoms with Gasteiger partial charge in [0.1, 0.15) is 11.6 Å². The first-order valence-electron chi connectivity index (χ1n) is 6.18. The molecule has 0 N–H and O–H groups in total. The molecule has 0 aromatic heterocycles. The average molecular weight is 208 g/mol. The Morgan fingerprint density at radius 2 is 1.67 bits per heavy atom. The van der Waals surface area contributed by atoms with Gasteiger partial charge in [0.15, 0.2) is 0 Å². The second kappa shape index (κ2) is 4.46. The average Bonchev–Trinajstić information content (AvgIpc) is 2.16. The first-order valence-corrected chi connectivity index (χ1v) is 6.18. The smallest absolute Gasteiger partial charge is 0.140 e. The molecule has 2 heteroatoms. The molecule has 0 spiro atoms. The molecule has 15 heavy (non-hydrogen) atoms. The Morgan fingerprint density at radius 1 is 1.00 bits per heavy atom. The van der Waals surface area contributed by atoms with Crippen molar-refractivity contribution in [3.05, 3.63) is 0 Å².